The smallest absolute Gasteiger partial charge is 0.243 e. The van der Waals surface area contributed by atoms with Crippen LogP contribution in [0.3, 0.4) is 0 Å². The predicted octanol–water partition coefficient (Wildman–Crippen LogP) is 3.33. The second-order valence-corrected chi connectivity index (χ2v) is 8.63. The Hall–Kier alpha value is -1.57. The molecule has 7 heteroatoms. The SMILES string of the molecule is COc1ccc(S(=O)(=O)N2CCC(c3cccs3)CC2)cc1OC. The zero-order valence-electron chi connectivity index (χ0n) is 13.8. The molecule has 0 radical (unpaired) electrons. The van der Waals surface area contributed by atoms with Crippen molar-refractivity contribution in [3.8, 4) is 11.5 Å². The van der Waals surface area contributed by atoms with Gasteiger partial charge in [0.2, 0.25) is 10.0 Å². The van der Waals surface area contributed by atoms with Crippen LogP contribution in [0, 0.1) is 0 Å². The number of piperidine rings is 1. The number of benzene rings is 1. The fraction of sp³-hybridized carbons (Fsp3) is 0.412. The van der Waals surface area contributed by atoms with E-state index < -0.39 is 10.0 Å². The van der Waals surface area contributed by atoms with Crippen molar-refractivity contribution in [2.24, 2.45) is 0 Å². The topological polar surface area (TPSA) is 55.8 Å². The highest BCUT2D eigenvalue weighted by Gasteiger charge is 2.30. The van der Waals surface area contributed by atoms with Gasteiger partial charge in [-0.25, -0.2) is 8.42 Å². The Labute approximate surface area is 146 Å². The summed E-state index contributed by atoms with van der Waals surface area (Å²) in [5, 5.41) is 2.07. The highest BCUT2D eigenvalue weighted by Crippen LogP contribution is 2.35. The first-order valence-corrected chi connectivity index (χ1v) is 10.1. The molecule has 2 heterocycles. The fourth-order valence-corrected chi connectivity index (χ4v) is 5.42. The molecule has 1 aliphatic heterocycles. The number of methoxy groups -OCH3 is 2. The molecule has 1 aliphatic rings. The molecule has 0 bridgehead atoms. The van der Waals surface area contributed by atoms with Gasteiger partial charge in [-0.1, -0.05) is 6.07 Å². The molecule has 130 valence electrons. The Morgan fingerprint density at radius 3 is 2.38 bits per heavy atom. The molecule has 0 unspecified atom stereocenters. The molecule has 0 aliphatic carbocycles. The molecule has 0 atom stereocenters. The average molecular weight is 367 g/mol. The summed E-state index contributed by atoms with van der Waals surface area (Å²) in [6.45, 7) is 1.08. The summed E-state index contributed by atoms with van der Waals surface area (Å²) in [6, 6.07) is 8.91. The molecular weight excluding hydrogens is 346 g/mol. The summed E-state index contributed by atoms with van der Waals surface area (Å²) in [7, 11) is -0.481. The van der Waals surface area contributed by atoms with Crippen LogP contribution in [0.1, 0.15) is 23.6 Å². The van der Waals surface area contributed by atoms with E-state index in [0.29, 0.717) is 30.5 Å². The molecule has 1 saturated heterocycles. The van der Waals surface area contributed by atoms with Crippen LogP contribution >= 0.6 is 11.3 Å². The van der Waals surface area contributed by atoms with Crippen LogP contribution in [-0.2, 0) is 10.0 Å². The maximum Gasteiger partial charge on any atom is 0.243 e. The second-order valence-electron chi connectivity index (χ2n) is 5.71. The molecule has 5 nitrogen and oxygen atoms in total. The van der Waals surface area contributed by atoms with E-state index in [1.165, 1.54) is 25.2 Å². The Morgan fingerprint density at radius 2 is 1.79 bits per heavy atom. The largest absolute Gasteiger partial charge is 0.493 e. The van der Waals surface area contributed by atoms with Crippen molar-refractivity contribution in [2.45, 2.75) is 23.7 Å². The molecule has 0 N–H and O–H groups in total. The van der Waals surface area contributed by atoms with Crippen LogP contribution < -0.4 is 9.47 Å². The average Bonchev–Trinajstić information content (AvgIpc) is 3.15. The van der Waals surface area contributed by atoms with E-state index in [9.17, 15) is 8.42 Å². The third-order valence-corrected chi connectivity index (χ3v) is 7.32. The van der Waals surface area contributed by atoms with E-state index >= 15 is 0 Å². The molecule has 3 rings (SSSR count). The van der Waals surface area contributed by atoms with Gasteiger partial charge in [0, 0.05) is 24.0 Å². The van der Waals surface area contributed by atoms with Crippen molar-refractivity contribution in [2.75, 3.05) is 27.3 Å². The first-order valence-electron chi connectivity index (χ1n) is 7.82. The van der Waals surface area contributed by atoms with Gasteiger partial charge in [-0.15, -0.1) is 11.3 Å². The zero-order chi connectivity index (χ0) is 17.2. The minimum Gasteiger partial charge on any atom is -0.493 e. The van der Waals surface area contributed by atoms with Crippen molar-refractivity contribution in [1.29, 1.82) is 0 Å². The van der Waals surface area contributed by atoms with Crippen molar-refractivity contribution in [1.82, 2.24) is 4.31 Å². The molecule has 2 aromatic rings. The number of rotatable bonds is 5. The van der Waals surface area contributed by atoms with Crippen LogP contribution in [0.2, 0.25) is 0 Å². The number of ether oxygens (including phenoxy) is 2. The normalized spacial score (nSPS) is 16.9. The summed E-state index contributed by atoms with van der Waals surface area (Å²) in [4.78, 5) is 1.59. The van der Waals surface area contributed by atoms with Crippen LogP contribution in [-0.4, -0.2) is 40.0 Å². The molecule has 1 fully saturated rings. The quantitative estimate of drug-likeness (QED) is 0.813. The highest BCUT2D eigenvalue weighted by molar-refractivity contribution is 7.89. The van der Waals surface area contributed by atoms with Crippen LogP contribution in [0.4, 0.5) is 0 Å². The zero-order valence-corrected chi connectivity index (χ0v) is 15.4. The lowest BCUT2D eigenvalue weighted by Gasteiger charge is -2.30. The van der Waals surface area contributed by atoms with Crippen LogP contribution in [0.25, 0.3) is 0 Å². The number of thiophene rings is 1. The Bertz CT molecular complexity index is 779. The standard InChI is InChI=1S/C17H21NO4S2/c1-21-15-6-5-14(12-16(15)22-2)24(19,20)18-9-7-13(8-10-18)17-4-3-11-23-17/h3-6,11-13H,7-10H2,1-2H3. The lowest BCUT2D eigenvalue weighted by atomic mass is 9.97. The molecular formula is C17H21NO4S2. The van der Waals surface area contributed by atoms with Gasteiger partial charge in [0.15, 0.2) is 11.5 Å². The molecule has 1 aromatic carbocycles. The Balaban J connectivity index is 1.77. The van der Waals surface area contributed by atoms with E-state index in [0.717, 1.165) is 12.8 Å². The Morgan fingerprint density at radius 1 is 1.08 bits per heavy atom. The summed E-state index contributed by atoms with van der Waals surface area (Å²) >= 11 is 1.75. The summed E-state index contributed by atoms with van der Waals surface area (Å²) in [5.74, 6) is 1.40. The summed E-state index contributed by atoms with van der Waals surface area (Å²) in [5.41, 5.74) is 0. The number of sulfonamides is 1. The van der Waals surface area contributed by atoms with Crippen molar-refractivity contribution >= 4 is 21.4 Å². The van der Waals surface area contributed by atoms with Crippen molar-refractivity contribution in [3.05, 3.63) is 40.6 Å². The number of nitrogens with zero attached hydrogens (tertiary/aromatic N) is 1. The number of hydrogen-bond acceptors (Lipinski definition) is 5. The third kappa shape index (κ3) is 3.29. The lowest BCUT2D eigenvalue weighted by Crippen LogP contribution is -2.37. The van der Waals surface area contributed by atoms with E-state index in [2.05, 4.69) is 11.4 Å². The molecule has 1 aromatic heterocycles. The van der Waals surface area contributed by atoms with Crippen molar-refractivity contribution < 1.29 is 17.9 Å². The summed E-state index contributed by atoms with van der Waals surface area (Å²) in [6.07, 6.45) is 1.71. The van der Waals surface area contributed by atoms with Crippen molar-refractivity contribution in [3.63, 3.8) is 0 Å². The van der Waals surface area contributed by atoms with E-state index in [4.69, 9.17) is 9.47 Å². The van der Waals surface area contributed by atoms with E-state index in [1.807, 2.05) is 6.07 Å². The summed E-state index contributed by atoms with van der Waals surface area (Å²) < 4.78 is 37.7. The van der Waals surface area contributed by atoms with Gasteiger partial charge in [-0.2, -0.15) is 4.31 Å². The predicted molar refractivity (Wildman–Crippen MR) is 94.6 cm³/mol. The maximum absolute atomic E-state index is 12.9. The molecule has 0 amide bonds. The van der Waals surface area contributed by atoms with Gasteiger partial charge < -0.3 is 9.47 Å². The van der Waals surface area contributed by atoms with Gasteiger partial charge in [-0.05, 0) is 42.3 Å². The van der Waals surface area contributed by atoms with Gasteiger partial charge >= 0.3 is 0 Å². The van der Waals surface area contributed by atoms with Crippen LogP contribution in [0.15, 0.2) is 40.6 Å². The number of hydrogen-bond donors (Lipinski definition) is 0. The van der Waals surface area contributed by atoms with E-state index in [-0.39, 0.29) is 4.90 Å². The minimum atomic E-state index is -3.51. The lowest BCUT2D eigenvalue weighted by molar-refractivity contribution is 0.321. The molecule has 24 heavy (non-hydrogen) atoms. The van der Waals surface area contributed by atoms with Gasteiger partial charge in [0.05, 0.1) is 19.1 Å². The molecule has 0 spiro atoms. The van der Waals surface area contributed by atoms with Crippen LogP contribution in [0.5, 0.6) is 11.5 Å². The van der Waals surface area contributed by atoms with E-state index in [1.54, 1.807) is 27.8 Å². The van der Waals surface area contributed by atoms with Gasteiger partial charge in [0.25, 0.3) is 0 Å². The maximum atomic E-state index is 12.9. The highest BCUT2D eigenvalue weighted by atomic mass is 32.2. The van der Waals surface area contributed by atoms with Gasteiger partial charge in [0.1, 0.15) is 0 Å². The second kappa shape index (κ2) is 7.13. The monoisotopic (exact) mass is 367 g/mol. The minimum absolute atomic E-state index is 0.245. The third-order valence-electron chi connectivity index (χ3n) is 4.39. The molecule has 0 saturated carbocycles. The first kappa shape index (κ1) is 17.3. The van der Waals surface area contributed by atoms with Gasteiger partial charge in [-0.3, -0.25) is 0 Å². The Kier molecular flexibility index (Phi) is 5.12. The first-order chi connectivity index (χ1) is 11.6. The fourth-order valence-electron chi connectivity index (χ4n) is 3.03.